The average Bonchev–Trinajstić information content (AvgIpc) is 2.89. The number of ketones is 2. The topological polar surface area (TPSA) is 124 Å². The molecule has 1 aromatic rings. The number of carbonyl (C=O) groups excluding carboxylic acids is 3. The van der Waals surface area contributed by atoms with Crippen LogP contribution in [0.1, 0.15) is 86.3 Å². The summed E-state index contributed by atoms with van der Waals surface area (Å²) in [6, 6.07) is 1.36. The number of likely N-dealkylation sites (N-methyl/N-ethyl adjacent to an activating group) is 1. The zero-order valence-corrected chi connectivity index (χ0v) is 26.6. The molecule has 1 aromatic carbocycles. The molecule has 3 aliphatic carbocycles. The second-order valence-electron chi connectivity index (χ2n) is 13.3. The molecule has 8 heteroatoms. The third-order valence-corrected chi connectivity index (χ3v) is 10.1. The monoisotopic (exact) mass is 579 g/mol. The minimum atomic E-state index is -2.05. The van der Waals surface area contributed by atoms with E-state index >= 15 is 0 Å². The molecule has 0 bridgehead atoms. The molecular formula is C34H49N3O5. The molecule has 0 aromatic heterocycles. The number of unbranched alkanes of at least 4 members (excludes halogenated alkanes) is 2. The van der Waals surface area contributed by atoms with Crippen molar-refractivity contribution in [2.45, 2.75) is 90.7 Å². The Morgan fingerprint density at radius 2 is 1.81 bits per heavy atom. The molecule has 3 aliphatic rings. The zero-order valence-electron chi connectivity index (χ0n) is 26.6. The third-order valence-electron chi connectivity index (χ3n) is 10.1. The summed E-state index contributed by atoms with van der Waals surface area (Å²) >= 11 is 0. The number of carbonyl (C=O) groups is 3. The Labute approximate surface area is 250 Å². The van der Waals surface area contributed by atoms with E-state index < -0.39 is 40.6 Å². The van der Waals surface area contributed by atoms with Gasteiger partial charge in [-0.15, -0.1) is 0 Å². The van der Waals surface area contributed by atoms with Gasteiger partial charge in [-0.25, -0.2) is 0 Å². The maximum atomic E-state index is 14.5. The number of Topliss-reactive ketones (excluding diaryl/α,β-unsaturated/α-hetero) is 2. The molecule has 4 rings (SSSR count). The molecule has 4 N–H and O–H groups in total. The lowest BCUT2D eigenvalue weighted by Gasteiger charge is -2.52. The highest BCUT2D eigenvalue weighted by Gasteiger charge is 2.60. The average molecular weight is 580 g/mol. The Bertz CT molecular complexity index is 1360. The van der Waals surface area contributed by atoms with Crippen molar-refractivity contribution < 1.29 is 24.6 Å². The number of anilines is 1. The van der Waals surface area contributed by atoms with Gasteiger partial charge in [0, 0.05) is 36.8 Å². The summed E-state index contributed by atoms with van der Waals surface area (Å²) in [6.45, 7) is 8.19. The summed E-state index contributed by atoms with van der Waals surface area (Å²) in [5.74, 6) is -2.96. The van der Waals surface area contributed by atoms with Crippen molar-refractivity contribution in [2.24, 2.45) is 23.5 Å². The van der Waals surface area contributed by atoms with Gasteiger partial charge in [-0.2, -0.15) is 0 Å². The van der Waals surface area contributed by atoms with Gasteiger partial charge in [0.1, 0.15) is 16.9 Å². The lowest BCUT2D eigenvalue weighted by atomic mass is 9.57. The molecule has 0 spiro atoms. The summed E-state index contributed by atoms with van der Waals surface area (Å²) < 4.78 is 0. The van der Waals surface area contributed by atoms with Crippen LogP contribution >= 0.6 is 0 Å². The Morgan fingerprint density at radius 3 is 2.38 bits per heavy atom. The summed E-state index contributed by atoms with van der Waals surface area (Å²) in [7, 11) is 7.41. The van der Waals surface area contributed by atoms with Gasteiger partial charge in [-0.05, 0) is 93.8 Å². The minimum Gasteiger partial charge on any atom is -0.508 e. The molecule has 1 unspecified atom stereocenters. The van der Waals surface area contributed by atoms with Gasteiger partial charge in [0.05, 0.1) is 6.04 Å². The van der Waals surface area contributed by atoms with Crippen LogP contribution < -0.4 is 10.6 Å². The molecule has 230 valence electrons. The molecule has 5 atom stereocenters. The first-order valence-electron chi connectivity index (χ1n) is 15.4. The van der Waals surface area contributed by atoms with Gasteiger partial charge < -0.3 is 20.8 Å². The van der Waals surface area contributed by atoms with E-state index in [1.165, 1.54) is 25.7 Å². The molecule has 0 saturated carbocycles. The third kappa shape index (κ3) is 5.11. The van der Waals surface area contributed by atoms with E-state index in [1.807, 2.05) is 21.0 Å². The summed E-state index contributed by atoms with van der Waals surface area (Å²) in [5, 5.41) is 23.4. The molecule has 8 nitrogen and oxygen atoms in total. The number of aryl methyl sites for hydroxylation is 1. The lowest BCUT2D eigenvalue weighted by Crippen LogP contribution is -2.62. The van der Waals surface area contributed by atoms with Crippen LogP contribution in [0.15, 0.2) is 28.5 Å². The number of primary amides is 1. The molecular weight excluding hydrogens is 530 g/mol. The largest absolute Gasteiger partial charge is 0.508 e. The summed E-state index contributed by atoms with van der Waals surface area (Å²) in [6.07, 6.45) is 7.72. The normalized spacial score (nSPS) is 26.3. The Morgan fingerprint density at radius 1 is 1.14 bits per heavy atom. The predicted molar refractivity (Wildman–Crippen MR) is 166 cm³/mol. The molecule has 0 radical (unpaired) electrons. The number of aliphatic hydroxyl groups excluding tert-OH is 1. The lowest BCUT2D eigenvalue weighted by molar-refractivity contribution is -0.133. The number of hydrogen-bond acceptors (Lipinski definition) is 7. The Balaban J connectivity index is 1.84. The number of hydrogen-bond donors (Lipinski definition) is 3. The number of nitrogens with two attached hydrogens (primary N) is 1. The van der Waals surface area contributed by atoms with Gasteiger partial charge in [-0.3, -0.25) is 19.3 Å². The van der Waals surface area contributed by atoms with Gasteiger partial charge in [0.2, 0.25) is 0 Å². The first-order chi connectivity index (χ1) is 19.7. The Kier molecular flexibility index (Phi) is 9.10. The van der Waals surface area contributed by atoms with Crippen molar-refractivity contribution in [3.8, 4) is 0 Å². The van der Waals surface area contributed by atoms with Crippen LogP contribution in [-0.4, -0.2) is 72.4 Å². The van der Waals surface area contributed by atoms with Crippen LogP contribution in [0.4, 0.5) is 5.69 Å². The number of amides is 1. The van der Waals surface area contributed by atoms with E-state index in [9.17, 15) is 24.6 Å². The highest BCUT2D eigenvalue weighted by atomic mass is 16.3. The highest BCUT2D eigenvalue weighted by Crippen LogP contribution is 2.54. The van der Waals surface area contributed by atoms with E-state index in [2.05, 4.69) is 24.8 Å². The maximum absolute atomic E-state index is 14.5. The van der Waals surface area contributed by atoms with Crippen LogP contribution in [0.3, 0.4) is 0 Å². The van der Waals surface area contributed by atoms with Crippen LogP contribution in [0, 0.1) is 24.7 Å². The molecule has 0 aliphatic heterocycles. The Hall–Kier alpha value is -2.97. The van der Waals surface area contributed by atoms with Crippen LogP contribution in [-0.2, 0) is 22.4 Å². The molecule has 42 heavy (non-hydrogen) atoms. The van der Waals surface area contributed by atoms with Gasteiger partial charge in [0.15, 0.2) is 11.6 Å². The quantitative estimate of drug-likeness (QED) is 0.276. The van der Waals surface area contributed by atoms with Crippen LogP contribution in [0.25, 0.3) is 0 Å². The van der Waals surface area contributed by atoms with Crippen molar-refractivity contribution in [3.05, 3.63) is 50.8 Å². The van der Waals surface area contributed by atoms with E-state index in [0.29, 0.717) is 35.5 Å². The first-order valence-corrected chi connectivity index (χ1v) is 15.4. The smallest absolute Gasteiger partial charge is 0.255 e. The zero-order chi connectivity index (χ0) is 31.3. The predicted octanol–water partition coefficient (Wildman–Crippen LogP) is 4.44. The van der Waals surface area contributed by atoms with Crippen molar-refractivity contribution >= 4 is 23.2 Å². The van der Waals surface area contributed by atoms with Crippen LogP contribution in [0.5, 0.6) is 0 Å². The summed E-state index contributed by atoms with van der Waals surface area (Å²) in [5.41, 5.74) is 8.50. The molecule has 0 heterocycles. The SMILES string of the molecule is CCCCCC(C)CCc1cc(N(C)C)c2c(c1C)C(=O)C1=C(C)[C@]3(O)C(O)=C(C(N)=O)C(=O)[C@@H](N(C)C)[C@@H]3C[C@@H]1C2. The fraction of sp³-hybridized carbons (Fsp3) is 0.618. The van der Waals surface area contributed by atoms with E-state index in [-0.39, 0.29) is 11.7 Å². The molecule has 1 amide bonds. The fourth-order valence-electron chi connectivity index (χ4n) is 7.82. The minimum absolute atomic E-state index is 0.143. The van der Waals surface area contributed by atoms with Crippen molar-refractivity contribution in [1.29, 1.82) is 0 Å². The van der Waals surface area contributed by atoms with Gasteiger partial charge in [0.25, 0.3) is 5.91 Å². The second kappa shape index (κ2) is 12.0. The number of benzene rings is 1. The van der Waals surface area contributed by atoms with Crippen molar-refractivity contribution in [2.75, 3.05) is 33.1 Å². The number of rotatable bonds is 10. The number of fused-ring (bicyclic) bond motifs is 3. The maximum Gasteiger partial charge on any atom is 0.255 e. The first kappa shape index (κ1) is 32.0. The van der Waals surface area contributed by atoms with Gasteiger partial charge in [-0.1, -0.05) is 39.5 Å². The van der Waals surface area contributed by atoms with E-state index in [0.717, 1.165) is 35.2 Å². The van der Waals surface area contributed by atoms with Crippen molar-refractivity contribution in [1.82, 2.24) is 4.90 Å². The number of aliphatic hydroxyl groups is 2. The number of allylic oxidation sites excluding steroid dienone is 1. The molecule has 0 fully saturated rings. The van der Waals surface area contributed by atoms with Gasteiger partial charge >= 0.3 is 0 Å². The standard InChI is InChI=1S/C34H49N3O5/c1-9-10-11-12-18(2)13-14-21-17-25(36(5)6)23-15-22-16-24-29(37(7)8)31(39)28(33(35)41)32(40)34(24,42)20(4)27(22)30(38)26(23)19(21)3/h17-18,22,24,29,40,42H,9-16H2,1-8H3,(H2,35,41)/t18?,22-,24-,29-,34+/m0/s1. The van der Waals surface area contributed by atoms with Crippen LogP contribution in [0.2, 0.25) is 0 Å². The van der Waals surface area contributed by atoms with E-state index in [4.69, 9.17) is 5.73 Å². The number of nitrogens with zero attached hydrogens (tertiary/aromatic N) is 2. The highest BCUT2D eigenvalue weighted by molar-refractivity contribution is 6.22. The van der Waals surface area contributed by atoms with Crippen molar-refractivity contribution in [3.63, 3.8) is 0 Å². The fourth-order valence-corrected chi connectivity index (χ4v) is 7.82. The second-order valence-corrected chi connectivity index (χ2v) is 13.3. The van der Waals surface area contributed by atoms with E-state index in [1.54, 1.807) is 25.9 Å². The molecule has 0 saturated heterocycles. The summed E-state index contributed by atoms with van der Waals surface area (Å²) in [4.78, 5) is 43.9.